The minimum Gasteiger partial charge on any atom is -0.452 e. The second-order valence-corrected chi connectivity index (χ2v) is 1.84. The van der Waals surface area contributed by atoms with Crippen LogP contribution in [0.5, 0.6) is 0 Å². The van der Waals surface area contributed by atoms with Gasteiger partial charge in [0.1, 0.15) is 0 Å². The fourth-order valence-electron chi connectivity index (χ4n) is 0.607. The minimum atomic E-state index is 0.0243. The normalized spacial score (nSPS) is 25.6. The van der Waals surface area contributed by atoms with Gasteiger partial charge in [-0.25, -0.2) is 0 Å². The van der Waals surface area contributed by atoms with Crippen molar-refractivity contribution in [2.75, 3.05) is 0 Å². The molecule has 1 heterocycles. The number of hydrogen-bond acceptors (Lipinski definition) is 3. The monoisotopic (exact) mass is 126 g/mol. The molecule has 0 aromatic rings. The molecule has 1 aliphatic rings. The van der Waals surface area contributed by atoms with Crippen molar-refractivity contribution in [3.05, 3.63) is 12.2 Å². The van der Waals surface area contributed by atoms with Gasteiger partial charge in [0.05, 0.1) is 0 Å². The van der Waals surface area contributed by atoms with Gasteiger partial charge in [0.25, 0.3) is 0 Å². The van der Waals surface area contributed by atoms with Crippen LogP contribution in [0.25, 0.3) is 0 Å². The maximum absolute atomic E-state index is 5.15. The molecule has 0 radical (unpaired) electrons. The van der Waals surface area contributed by atoms with E-state index in [0.717, 1.165) is 0 Å². The largest absolute Gasteiger partial charge is 0.452 e. The third-order valence-corrected chi connectivity index (χ3v) is 0.963. The zero-order valence-electron chi connectivity index (χ0n) is 5.59. The van der Waals surface area contributed by atoms with Crippen LogP contribution in [0.4, 0.5) is 0 Å². The van der Waals surface area contributed by atoms with Crippen LogP contribution in [-0.4, -0.2) is 12.1 Å². The van der Waals surface area contributed by atoms with Gasteiger partial charge in [0, 0.05) is 0 Å². The van der Waals surface area contributed by atoms with E-state index in [1.54, 1.807) is 0 Å². The van der Waals surface area contributed by atoms with Crippen molar-refractivity contribution in [1.82, 2.24) is 5.43 Å². The highest BCUT2D eigenvalue weighted by atomic mass is 16.5. The number of hydrazone groups is 1. The summed E-state index contributed by atoms with van der Waals surface area (Å²) in [7, 11) is 0. The number of ether oxygens (including phenoxy) is 1. The maximum Gasteiger partial charge on any atom is 0.232 e. The van der Waals surface area contributed by atoms with Gasteiger partial charge in [0.15, 0.2) is 6.23 Å². The van der Waals surface area contributed by atoms with Crippen LogP contribution >= 0.6 is 0 Å². The zero-order valence-corrected chi connectivity index (χ0v) is 5.59. The molecule has 0 aromatic carbocycles. The van der Waals surface area contributed by atoms with Gasteiger partial charge in [-0.05, 0) is 19.9 Å². The third kappa shape index (κ3) is 1.45. The second kappa shape index (κ2) is 2.53. The molecule has 0 aromatic heterocycles. The van der Waals surface area contributed by atoms with Crippen LogP contribution < -0.4 is 5.43 Å². The first-order valence-electron chi connectivity index (χ1n) is 2.95. The van der Waals surface area contributed by atoms with Crippen molar-refractivity contribution in [3.63, 3.8) is 0 Å². The summed E-state index contributed by atoms with van der Waals surface area (Å²) in [6.07, 6.45) is 3.73. The molecular weight excluding hydrogens is 116 g/mol. The average molecular weight is 126 g/mol. The Hall–Kier alpha value is -0.990. The first-order valence-corrected chi connectivity index (χ1v) is 2.95. The van der Waals surface area contributed by atoms with Crippen molar-refractivity contribution < 1.29 is 4.74 Å². The van der Waals surface area contributed by atoms with Crippen LogP contribution in [0, 0.1) is 0 Å². The highest BCUT2D eigenvalue weighted by Crippen LogP contribution is 1.97. The lowest BCUT2D eigenvalue weighted by Crippen LogP contribution is -2.15. The fraction of sp³-hybridized carbons (Fsp3) is 0.500. The summed E-state index contributed by atoms with van der Waals surface area (Å²) < 4.78 is 5.15. The average Bonchev–Trinajstić information content (AvgIpc) is 2.17. The Labute approximate surface area is 54.4 Å². The molecule has 0 amide bonds. The summed E-state index contributed by atoms with van der Waals surface area (Å²) in [4.78, 5) is 0. The first-order chi connectivity index (χ1) is 4.33. The van der Waals surface area contributed by atoms with Crippen molar-refractivity contribution >= 4 is 5.90 Å². The molecule has 1 unspecified atom stereocenters. The van der Waals surface area contributed by atoms with Crippen LogP contribution in [0.15, 0.2) is 17.3 Å². The van der Waals surface area contributed by atoms with Crippen molar-refractivity contribution in [3.8, 4) is 0 Å². The summed E-state index contributed by atoms with van der Waals surface area (Å²) in [6, 6.07) is 0. The van der Waals surface area contributed by atoms with Crippen LogP contribution in [0.2, 0.25) is 0 Å². The Kier molecular flexibility index (Phi) is 1.72. The topological polar surface area (TPSA) is 33.6 Å². The maximum atomic E-state index is 5.15. The van der Waals surface area contributed by atoms with Crippen LogP contribution in [0.1, 0.15) is 13.8 Å². The summed E-state index contributed by atoms with van der Waals surface area (Å²) in [6.45, 7) is 3.83. The number of hydrogen-bond donors (Lipinski definition) is 1. The Morgan fingerprint density at radius 3 is 3.00 bits per heavy atom. The molecular formula is C6H10N2O. The fourth-order valence-corrected chi connectivity index (χ4v) is 0.607. The van der Waals surface area contributed by atoms with Gasteiger partial charge >= 0.3 is 0 Å². The molecule has 0 saturated heterocycles. The van der Waals surface area contributed by atoms with E-state index in [0.29, 0.717) is 5.90 Å². The molecule has 0 fully saturated rings. The molecule has 1 aliphatic heterocycles. The SMILES string of the molecule is C/C=C/C1=NNC(C)O1. The van der Waals surface area contributed by atoms with E-state index < -0.39 is 0 Å². The molecule has 3 nitrogen and oxygen atoms in total. The third-order valence-electron chi connectivity index (χ3n) is 0.963. The number of nitrogens with zero attached hydrogens (tertiary/aromatic N) is 1. The molecule has 1 N–H and O–H groups in total. The zero-order chi connectivity index (χ0) is 6.69. The molecule has 0 bridgehead atoms. The van der Waals surface area contributed by atoms with Crippen molar-refractivity contribution in [1.29, 1.82) is 0 Å². The van der Waals surface area contributed by atoms with Crippen LogP contribution in [-0.2, 0) is 4.74 Å². The lowest BCUT2D eigenvalue weighted by molar-refractivity contribution is 0.210. The summed E-state index contributed by atoms with van der Waals surface area (Å²) in [5, 5.41) is 3.86. The van der Waals surface area contributed by atoms with Crippen molar-refractivity contribution in [2.45, 2.75) is 20.1 Å². The summed E-state index contributed by atoms with van der Waals surface area (Å²) >= 11 is 0. The summed E-state index contributed by atoms with van der Waals surface area (Å²) in [5.41, 5.74) is 2.77. The minimum absolute atomic E-state index is 0.0243. The molecule has 3 heteroatoms. The van der Waals surface area contributed by atoms with Gasteiger partial charge in [-0.15, -0.1) is 5.10 Å². The molecule has 9 heavy (non-hydrogen) atoms. The molecule has 50 valence electrons. The summed E-state index contributed by atoms with van der Waals surface area (Å²) in [5.74, 6) is 0.657. The van der Waals surface area contributed by atoms with Gasteiger partial charge in [-0.2, -0.15) is 0 Å². The predicted molar refractivity (Wildman–Crippen MR) is 35.9 cm³/mol. The standard InChI is InChI=1S/C6H10N2O/c1-3-4-6-8-7-5(2)9-6/h3-5,7H,1-2H3/b4-3+. The lowest BCUT2D eigenvalue weighted by Gasteiger charge is -1.99. The Balaban J connectivity index is 2.45. The number of allylic oxidation sites excluding steroid dienone is 1. The van der Waals surface area contributed by atoms with Gasteiger partial charge in [-0.3, -0.25) is 5.43 Å². The smallest absolute Gasteiger partial charge is 0.232 e. The Morgan fingerprint density at radius 1 is 1.78 bits per heavy atom. The van der Waals surface area contributed by atoms with Gasteiger partial charge < -0.3 is 4.74 Å². The van der Waals surface area contributed by atoms with E-state index in [9.17, 15) is 0 Å². The molecule has 1 rings (SSSR count). The first kappa shape index (κ1) is 6.13. The molecule has 0 saturated carbocycles. The highest BCUT2D eigenvalue weighted by Gasteiger charge is 2.09. The molecule has 0 spiro atoms. The van der Waals surface area contributed by atoms with Crippen LogP contribution in [0.3, 0.4) is 0 Å². The number of rotatable bonds is 1. The van der Waals surface area contributed by atoms with E-state index >= 15 is 0 Å². The van der Waals surface area contributed by atoms with Crippen molar-refractivity contribution in [2.24, 2.45) is 5.10 Å². The predicted octanol–water partition coefficient (Wildman–Crippen LogP) is 0.842. The Morgan fingerprint density at radius 2 is 2.56 bits per heavy atom. The highest BCUT2D eigenvalue weighted by molar-refractivity contribution is 5.88. The van der Waals surface area contributed by atoms with E-state index in [1.165, 1.54) is 0 Å². The van der Waals surface area contributed by atoms with Gasteiger partial charge in [-0.1, -0.05) is 6.08 Å². The Bertz CT molecular complexity index is 151. The van der Waals surface area contributed by atoms with E-state index in [2.05, 4.69) is 10.5 Å². The quantitative estimate of drug-likeness (QED) is 0.565. The van der Waals surface area contributed by atoms with E-state index in [-0.39, 0.29) is 6.23 Å². The molecule has 1 atom stereocenters. The molecule has 0 aliphatic carbocycles. The number of nitrogens with one attached hydrogen (secondary N) is 1. The van der Waals surface area contributed by atoms with E-state index in [4.69, 9.17) is 4.74 Å². The second-order valence-electron chi connectivity index (χ2n) is 1.84. The van der Waals surface area contributed by atoms with Gasteiger partial charge in [0.2, 0.25) is 5.90 Å². The lowest BCUT2D eigenvalue weighted by atomic mass is 10.5. The van der Waals surface area contributed by atoms with E-state index in [1.807, 2.05) is 26.0 Å².